The number of benzene rings is 1. The summed E-state index contributed by atoms with van der Waals surface area (Å²) in [5.41, 5.74) is 1.08. The lowest BCUT2D eigenvalue weighted by Crippen LogP contribution is -2.61. The molecule has 1 N–H and O–H groups in total. The van der Waals surface area contributed by atoms with Crippen LogP contribution in [0.4, 0.5) is 0 Å². The van der Waals surface area contributed by atoms with Gasteiger partial charge in [-0.25, -0.2) is 0 Å². The zero-order chi connectivity index (χ0) is 14.8. The summed E-state index contributed by atoms with van der Waals surface area (Å²) in [5, 5.41) is 2.85. The predicted octanol–water partition coefficient (Wildman–Crippen LogP) is 1.74. The van der Waals surface area contributed by atoms with Crippen LogP contribution in [0, 0.1) is 5.92 Å². The minimum atomic E-state index is -0.415. The SMILES string of the molecule is CC1CCCC1N1CC(=O)NC(Cc2ccccc2)C1=O. The second kappa shape index (κ2) is 5.88. The van der Waals surface area contributed by atoms with E-state index in [1.807, 2.05) is 35.2 Å². The molecule has 2 amide bonds. The Hall–Kier alpha value is -1.84. The molecule has 0 aromatic heterocycles. The molecule has 1 aliphatic carbocycles. The topological polar surface area (TPSA) is 49.4 Å². The van der Waals surface area contributed by atoms with Crippen LogP contribution in [-0.4, -0.2) is 35.3 Å². The molecule has 0 spiro atoms. The van der Waals surface area contributed by atoms with E-state index >= 15 is 0 Å². The van der Waals surface area contributed by atoms with E-state index in [4.69, 9.17) is 0 Å². The third-order valence-electron chi connectivity index (χ3n) is 4.73. The van der Waals surface area contributed by atoms with Crippen molar-refractivity contribution >= 4 is 11.8 Å². The van der Waals surface area contributed by atoms with E-state index in [-0.39, 0.29) is 24.4 Å². The standard InChI is InChI=1S/C17H22N2O2/c1-12-6-5-9-15(12)19-11-16(20)18-14(17(19)21)10-13-7-3-2-4-8-13/h2-4,7-8,12,14-15H,5-6,9-11H2,1H3,(H,18,20). The minimum Gasteiger partial charge on any atom is -0.342 e. The maximum absolute atomic E-state index is 12.7. The van der Waals surface area contributed by atoms with Crippen LogP contribution >= 0.6 is 0 Å². The summed E-state index contributed by atoms with van der Waals surface area (Å²) in [6.07, 6.45) is 3.90. The summed E-state index contributed by atoms with van der Waals surface area (Å²) < 4.78 is 0. The Bertz CT molecular complexity index is 529. The van der Waals surface area contributed by atoms with Gasteiger partial charge in [-0.15, -0.1) is 0 Å². The summed E-state index contributed by atoms with van der Waals surface area (Å²) in [7, 11) is 0. The second-order valence-corrected chi connectivity index (χ2v) is 6.25. The average molecular weight is 286 g/mol. The Morgan fingerprint density at radius 3 is 2.62 bits per heavy atom. The van der Waals surface area contributed by atoms with Crippen LogP contribution in [0.1, 0.15) is 31.7 Å². The number of carbonyl (C=O) groups excluding carboxylic acids is 2. The van der Waals surface area contributed by atoms with E-state index < -0.39 is 6.04 Å². The number of nitrogens with one attached hydrogen (secondary N) is 1. The van der Waals surface area contributed by atoms with Gasteiger partial charge in [0, 0.05) is 12.5 Å². The van der Waals surface area contributed by atoms with E-state index in [9.17, 15) is 9.59 Å². The smallest absolute Gasteiger partial charge is 0.246 e. The molecule has 1 heterocycles. The first kappa shape index (κ1) is 14.1. The van der Waals surface area contributed by atoms with Crippen molar-refractivity contribution in [2.45, 2.75) is 44.7 Å². The number of amides is 2. The zero-order valence-corrected chi connectivity index (χ0v) is 12.4. The van der Waals surface area contributed by atoms with Crippen LogP contribution in [0.5, 0.6) is 0 Å². The molecular weight excluding hydrogens is 264 g/mol. The van der Waals surface area contributed by atoms with Crippen molar-refractivity contribution < 1.29 is 9.59 Å². The molecule has 3 atom stereocenters. The molecule has 2 aliphatic rings. The lowest BCUT2D eigenvalue weighted by atomic mass is 9.98. The predicted molar refractivity (Wildman–Crippen MR) is 80.6 cm³/mol. The Labute approximate surface area is 125 Å². The molecule has 3 rings (SSSR count). The Balaban J connectivity index is 1.75. The van der Waals surface area contributed by atoms with Crippen molar-refractivity contribution in [3.05, 3.63) is 35.9 Å². The molecule has 112 valence electrons. The Morgan fingerprint density at radius 2 is 1.95 bits per heavy atom. The molecule has 4 nitrogen and oxygen atoms in total. The summed E-state index contributed by atoms with van der Waals surface area (Å²) in [4.78, 5) is 26.5. The highest BCUT2D eigenvalue weighted by Gasteiger charge is 2.39. The van der Waals surface area contributed by atoms with Crippen LogP contribution in [0.15, 0.2) is 30.3 Å². The monoisotopic (exact) mass is 286 g/mol. The van der Waals surface area contributed by atoms with Crippen molar-refractivity contribution in [2.75, 3.05) is 6.54 Å². The highest BCUT2D eigenvalue weighted by Crippen LogP contribution is 2.30. The summed E-state index contributed by atoms with van der Waals surface area (Å²) in [6.45, 7) is 2.41. The third-order valence-corrected chi connectivity index (χ3v) is 4.73. The molecule has 1 saturated carbocycles. The Kier molecular flexibility index (Phi) is 3.95. The zero-order valence-electron chi connectivity index (χ0n) is 12.4. The molecule has 2 fully saturated rings. The molecule has 1 aliphatic heterocycles. The van der Waals surface area contributed by atoms with Gasteiger partial charge in [-0.1, -0.05) is 43.7 Å². The molecule has 1 aromatic rings. The molecule has 1 saturated heterocycles. The van der Waals surface area contributed by atoms with Gasteiger partial charge in [0.15, 0.2) is 0 Å². The van der Waals surface area contributed by atoms with Gasteiger partial charge < -0.3 is 10.2 Å². The number of hydrogen-bond donors (Lipinski definition) is 1. The van der Waals surface area contributed by atoms with E-state index in [1.54, 1.807) is 0 Å². The largest absolute Gasteiger partial charge is 0.342 e. The van der Waals surface area contributed by atoms with Gasteiger partial charge in [0.25, 0.3) is 0 Å². The molecule has 4 heteroatoms. The first-order valence-electron chi connectivity index (χ1n) is 7.79. The van der Waals surface area contributed by atoms with Crippen LogP contribution in [-0.2, 0) is 16.0 Å². The van der Waals surface area contributed by atoms with Crippen molar-refractivity contribution in [3.8, 4) is 0 Å². The van der Waals surface area contributed by atoms with Gasteiger partial charge in [-0.05, 0) is 24.3 Å². The first-order valence-corrected chi connectivity index (χ1v) is 7.79. The molecular formula is C17H22N2O2. The third kappa shape index (κ3) is 2.94. The van der Waals surface area contributed by atoms with Crippen molar-refractivity contribution in [2.24, 2.45) is 5.92 Å². The molecule has 21 heavy (non-hydrogen) atoms. The maximum atomic E-state index is 12.7. The van der Waals surface area contributed by atoms with Crippen LogP contribution in [0.2, 0.25) is 0 Å². The van der Waals surface area contributed by atoms with Crippen LogP contribution in [0.25, 0.3) is 0 Å². The summed E-state index contributed by atoms with van der Waals surface area (Å²) in [5.74, 6) is 0.545. The lowest BCUT2D eigenvalue weighted by Gasteiger charge is -2.38. The Morgan fingerprint density at radius 1 is 1.19 bits per heavy atom. The van der Waals surface area contributed by atoms with Crippen molar-refractivity contribution in [1.82, 2.24) is 10.2 Å². The molecule has 1 aromatic carbocycles. The maximum Gasteiger partial charge on any atom is 0.246 e. The van der Waals surface area contributed by atoms with Gasteiger partial charge in [0.1, 0.15) is 6.04 Å². The fourth-order valence-electron chi connectivity index (χ4n) is 3.59. The van der Waals surface area contributed by atoms with Gasteiger partial charge in [0.05, 0.1) is 6.54 Å². The van der Waals surface area contributed by atoms with E-state index in [1.165, 1.54) is 0 Å². The summed E-state index contributed by atoms with van der Waals surface area (Å²) >= 11 is 0. The van der Waals surface area contributed by atoms with Gasteiger partial charge in [-0.2, -0.15) is 0 Å². The number of carbonyl (C=O) groups is 2. The highest BCUT2D eigenvalue weighted by atomic mass is 16.2. The van der Waals surface area contributed by atoms with Crippen LogP contribution in [0.3, 0.4) is 0 Å². The van der Waals surface area contributed by atoms with Gasteiger partial charge in [0.2, 0.25) is 11.8 Å². The van der Waals surface area contributed by atoms with E-state index in [0.29, 0.717) is 12.3 Å². The second-order valence-electron chi connectivity index (χ2n) is 6.25. The fraction of sp³-hybridized carbons (Fsp3) is 0.529. The van der Waals surface area contributed by atoms with E-state index in [2.05, 4.69) is 12.2 Å². The van der Waals surface area contributed by atoms with E-state index in [0.717, 1.165) is 24.8 Å². The van der Waals surface area contributed by atoms with Crippen molar-refractivity contribution in [3.63, 3.8) is 0 Å². The highest BCUT2D eigenvalue weighted by molar-refractivity contribution is 5.95. The molecule has 3 unspecified atom stereocenters. The summed E-state index contributed by atoms with van der Waals surface area (Å²) in [6, 6.07) is 9.69. The number of rotatable bonds is 3. The quantitative estimate of drug-likeness (QED) is 0.920. The minimum absolute atomic E-state index is 0.0327. The number of piperazine rings is 1. The molecule has 0 bridgehead atoms. The van der Waals surface area contributed by atoms with Gasteiger partial charge in [-0.3, -0.25) is 9.59 Å². The lowest BCUT2D eigenvalue weighted by molar-refractivity contribution is -0.147. The fourth-order valence-corrected chi connectivity index (χ4v) is 3.59. The van der Waals surface area contributed by atoms with Crippen LogP contribution < -0.4 is 5.32 Å². The number of hydrogen-bond acceptors (Lipinski definition) is 2. The average Bonchev–Trinajstić information content (AvgIpc) is 2.90. The van der Waals surface area contributed by atoms with Gasteiger partial charge >= 0.3 is 0 Å². The first-order chi connectivity index (χ1) is 10.1. The van der Waals surface area contributed by atoms with Crippen molar-refractivity contribution in [1.29, 1.82) is 0 Å². The number of nitrogens with zero attached hydrogens (tertiary/aromatic N) is 1. The normalized spacial score (nSPS) is 29.6. The molecule has 0 radical (unpaired) electrons.